The maximum atomic E-state index is 4.70. The number of rotatable bonds is 1. The maximum absolute atomic E-state index is 4.70. The predicted molar refractivity (Wildman–Crippen MR) is 66.0 cm³/mol. The SMILES string of the molecule is C=C1CCC=C/C1=N/C1=CC=CCC1C. The third-order valence-electron chi connectivity index (χ3n) is 2.90. The highest BCUT2D eigenvalue weighted by Gasteiger charge is 2.11. The van der Waals surface area contributed by atoms with Gasteiger partial charge in [0.2, 0.25) is 0 Å². The van der Waals surface area contributed by atoms with Gasteiger partial charge >= 0.3 is 0 Å². The van der Waals surface area contributed by atoms with Crippen molar-refractivity contribution in [1.82, 2.24) is 0 Å². The topological polar surface area (TPSA) is 12.4 Å². The van der Waals surface area contributed by atoms with E-state index < -0.39 is 0 Å². The third-order valence-corrected chi connectivity index (χ3v) is 2.90. The van der Waals surface area contributed by atoms with Crippen LogP contribution in [0.2, 0.25) is 0 Å². The van der Waals surface area contributed by atoms with E-state index in [0.29, 0.717) is 5.92 Å². The van der Waals surface area contributed by atoms with Gasteiger partial charge in [0.1, 0.15) is 0 Å². The number of nitrogens with zero attached hydrogens (tertiary/aromatic N) is 1. The fourth-order valence-corrected chi connectivity index (χ4v) is 1.84. The van der Waals surface area contributed by atoms with E-state index in [-0.39, 0.29) is 0 Å². The molecule has 78 valence electrons. The number of hydrogen-bond acceptors (Lipinski definition) is 1. The Kier molecular flexibility index (Phi) is 3.00. The largest absolute Gasteiger partial charge is 0.253 e. The van der Waals surface area contributed by atoms with Crippen molar-refractivity contribution >= 4 is 5.71 Å². The second kappa shape index (κ2) is 4.43. The molecule has 2 aliphatic rings. The van der Waals surface area contributed by atoms with Crippen molar-refractivity contribution < 1.29 is 0 Å². The van der Waals surface area contributed by atoms with Crippen molar-refractivity contribution in [2.24, 2.45) is 10.9 Å². The smallest absolute Gasteiger partial charge is 0.0656 e. The molecular formula is C14H17N. The molecule has 0 aliphatic heterocycles. The van der Waals surface area contributed by atoms with E-state index in [4.69, 9.17) is 4.99 Å². The number of allylic oxidation sites excluding steroid dienone is 7. The van der Waals surface area contributed by atoms with E-state index in [9.17, 15) is 0 Å². The van der Waals surface area contributed by atoms with Gasteiger partial charge < -0.3 is 0 Å². The molecule has 1 unspecified atom stereocenters. The maximum Gasteiger partial charge on any atom is 0.0656 e. The molecule has 0 aromatic heterocycles. The van der Waals surface area contributed by atoms with Crippen LogP contribution in [0.3, 0.4) is 0 Å². The zero-order valence-corrected chi connectivity index (χ0v) is 9.24. The average molecular weight is 199 g/mol. The Balaban J connectivity index is 2.24. The molecule has 1 heteroatoms. The molecule has 0 aromatic carbocycles. The first-order valence-electron chi connectivity index (χ1n) is 5.57. The molecule has 0 aromatic rings. The van der Waals surface area contributed by atoms with Crippen LogP contribution in [0.5, 0.6) is 0 Å². The lowest BCUT2D eigenvalue weighted by atomic mass is 9.97. The summed E-state index contributed by atoms with van der Waals surface area (Å²) >= 11 is 0. The molecule has 1 atom stereocenters. The van der Waals surface area contributed by atoms with Gasteiger partial charge in [-0.3, -0.25) is 4.99 Å². The quantitative estimate of drug-likeness (QED) is 0.609. The van der Waals surface area contributed by atoms with Crippen molar-refractivity contribution in [2.75, 3.05) is 0 Å². The average Bonchev–Trinajstić information content (AvgIpc) is 2.24. The van der Waals surface area contributed by atoms with Crippen molar-refractivity contribution in [3.05, 3.63) is 48.2 Å². The molecule has 2 aliphatic carbocycles. The fraction of sp³-hybridized carbons (Fsp3) is 0.357. The Labute approximate surface area is 91.6 Å². The third kappa shape index (κ3) is 2.35. The van der Waals surface area contributed by atoms with Crippen molar-refractivity contribution in [1.29, 1.82) is 0 Å². The van der Waals surface area contributed by atoms with E-state index in [1.807, 2.05) is 0 Å². The summed E-state index contributed by atoms with van der Waals surface area (Å²) in [6, 6.07) is 0. The van der Waals surface area contributed by atoms with Crippen molar-refractivity contribution in [3.8, 4) is 0 Å². The fourth-order valence-electron chi connectivity index (χ4n) is 1.84. The molecule has 0 heterocycles. The number of hydrogen-bond donors (Lipinski definition) is 0. The van der Waals surface area contributed by atoms with Gasteiger partial charge in [0.15, 0.2) is 0 Å². The minimum Gasteiger partial charge on any atom is -0.253 e. The highest BCUT2D eigenvalue weighted by Crippen LogP contribution is 2.23. The molecule has 0 N–H and O–H groups in total. The molecule has 15 heavy (non-hydrogen) atoms. The summed E-state index contributed by atoms with van der Waals surface area (Å²) in [5, 5.41) is 0. The Morgan fingerprint density at radius 1 is 1.40 bits per heavy atom. The van der Waals surface area contributed by atoms with Crippen LogP contribution in [-0.4, -0.2) is 5.71 Å². The van der Waals surface area contributed by atoms with Gasteiger partial charge in [0, 0.05) is 11.6 Å². The van der Waals surface area contributed by atoms with Gasteiger partial charge in [-0.1, -0.05) is 31.7 Å². The van der Waals surface area contributed by atoms with Gasteiger partial charge in [-0.2, -0.15) is 0 Å². The first kappa shape index (κ1) is 10.2. The van der Waals surface area contributed by atoms with Crippen LogP contribution < -0.4 is 0 Å². The van der Waals surface area contributed by atoms with Crippen molar-refractivity contribution in [3.63, 3.8) is 0 Å². The second-order valence-electron chi connectivity index (χ2n) is 4.20. The second-order valence-corrected chi connectivity index (χ2v) is 4.20. The summed E-state index contributed by atoms with van der Waals surface area (Å²) in [6.45, 7) is 6.28. The lowest BCUT2D eigenvalue weighted by Gasteiger charge is -2.16. The molecule has 0 fully saturated rings. The Bertz CT molecular complexity index is 380. The van der Waals surface area contributed by atoms with Gasteiger partial charge in [0.05, 0.1) is 5.71 Å². The lowest BCUT2D eigenvalue weighted by Crippen LogP contribution is -2.06. The summed E-state index contributed by atoms with van der Waals surface area (Å²) in [4.78, 5) is 4.70. The van der Waals surface area contributed by atoms with E-state index in [2.05, 4.69) is 43.9 Å². The van der Waals surface area contributed by atoms with E-state index >= 15 is 0 Å². The Morgan fingerprint density at radius 3 is 3.00 bits per heavy atom. The van der Waals surface area contributed by atoms with Crippen LogP contribution in [0, 0.1) is 5.92 Å². The zero-order valence-electron chi connectivity index (χ0n) is 9.24. The molecular weight excluding hydrogens is 182 g/mol. The zero-order chi connectivity index (χ0) is 10.7. The Morgan fingerprint density at radius 2 is 2.27 bits per heavy atom. The molecule has 0 saturated heterocycles. The molecule has 2 rings (SSSR count). The first-order valence-corrected chi connectivity index (χ1v) is 5.57. The normalized spacial score (nSPS) is 28.3. The van der Waals surface area contributed by atoms with Crippen LogP contribution in [-0.2, 0) is 0 Å². The highest BCUT2D eigenvalue weighted by molar-refractivity contribution is 6.09. The minimum atomic E-state index is 0.533. The van der Waals surface area contributed by atoms with Crippen LogP contribution in [0.4, 0.5) is 0 Å². The van der Waals surface area contributed by atoms with Crippen LogP contribution in [0.15, 0.2) is 53.2 Å². The first-order chi connectivity index (χ1) is 7.27. The van der Waals surface area contributed by atoms with Gasteiger partial charge in [0.25, 0.3) is 0 Å². The van der Waals surface area contributed by atoms with Crippen molar-refractivity contribution in [2.45, 2.75) is 26.2 Å². The number of aliphatic imine (C=N–C) groups is 1. The Hall–Kier alpha value is -1.37. The molecule has 0 saturated carbocycles. The summed E-state index contributed by atoms with van der Waals surface area (Å²) < 4.78 is 0. The van der Waals surface area contributed by atoms with E-state index in [1.54, 1.807) is 0 Å². The van der Waals surface area contributed by atoms with Crippen LogP contribution in [0.1, 0.15) is 26.2 Å². The monoisotopic (exact) mass is 199 g/mol. The summed E-state index contributed by atoms with van der Waals surface area (Å²) in [5.41, 5.74) is 3.41. The molecule has 0 amide bonds. The van der Waals surface area contributed by atoms with Gasteiger partial charge in [-0.05, 0) is 37.0 Å². The van der Waals surface area contributed by atoms with Gasteiger partial charge in [-0.25, -0.2) is 0 Å². The summed E-state index contributed by atoms with van der Waals surface area (Å²) in [6.07, 6.45) is 13.9. The summed E-state index contributed by atoms with van der Waals surface area (Å²) in [5.74, 6) is 0.533. The molecule has 0 bridgehead atoms. The van der Waals surface area contributed by atoms with Crippen LogP contribution in [0.25, 0.3) is 0 Å². The molecule has 0 radical (unpaired) electrons. The standard InChI is InChI=1S/C14H17N/c1-11-7-3-5-9-13(11)15-14-10-6-4-8-12(14)2/h4-6,9-10,12H,1,3,7-8H2,2H3/b15-13-. The van der Waals surface area contributed by atoms with E-state index in [0.717, 1.165) is 25.0 Å². The molecule has 0 spiro atoms. The van der Waals surface area contributed by atoms with Crippen LogP contribution >= 0.6 is 0 Å². The minimum absolute atomic E-state index is 0.533. The molecule has 1 nitrogen and oxygen atoms in total. The highest BCUT2D eigenvalue weighted by atomic mass is 14.8. The lowest BCUT2D eigenvalue weighted by molar-refractivity contribution is 0.678. The van der Waals surface area contributed by atoms with Gasteiger partial charge in [-0.15, -0.1) is 0 Å². The van der Waals surface area contributed by atoms with E-state index in [1.165, 1.54) is 11.3 Å². The predicted octanol–water partition coefficient (Wildman–Crippen LogP) is 3.81. The summed E-state index contributed by atoms with van der Waals surface area (Å²) in [7, 11) is 0.